The van der Waals surface area contributed by atoms with Gasteiger partial charge in [0.1, 0.15) is 0 Å². The highest BCUT2D eigenvalue weighted by atomic mass is 16.5. The first kappa shape index (κ1) is 12.3. The van der Waals surface area contributed by atoms with Crippen LogP contribution in [0.25, 0.3) is 0 Å². The molecule has 96 valence electrons. The van der Waals surface area contributed by atoms with Gasteiger partial charge in [-0.1, -0.05) is 6.92 Å². The largest absolute Gasteiger partial charge is 0.481 e. The summed E-state index contributed by atoms with van der Waals surface area (Å²) in [4.78, 5) is 28.6. The summed E-state index contributed by atoms with van der Waals surface area (Å²) in [7, 11) is 1.54. The van der Waals surface area contributed by atoms with Gasteiger partial charge in [0.25, 0.3) is 0 Å². The Bertz CT molecular complexity index is 475. The van der Waals surface area contributed by atoms with E-state index >= 15 is 0 Å². The Labute approximate surface area is 105 Å². The highest BCUT2D eigenvalue weighted by molar-refractivity contribution is 5.97. The van der Waals surface area contributed by atoms with E-state index < -0.39 is 0 Å². The van der Waals surface area contributed by atoms with Gasteiger partial charge in [-0.2, -0.15) is 0 Å². The van der Waals surface area contributed by atoms with Gasteiger partial charge in [0.2, 0.25) is 11.8 Å². The zero-order valence-electron chi connectivity index (χ0n) is 10.3. The standard InChI is InChI=1S/C12H15N3O3/c1-8-6-15(12(17)14-11(8)16)7-9-3-4-13-10(5-9)18-2/h3-5,8H,6-7H2,1-2H3,(H,14,16,17). The van der Waals surface area contributed by atoms with Gasteiger partial charge in [0.05, 0.1) is 13.0 Å². The number of pyridine rings is 1. The number of hydrogen-bond acceptors (Lipinski definition) is 4. The topological polar surface area (TPSA) is 71.5 Å². The van der Waals surface area contributed by atoms with Crippen molar-refractivity contribution in [1.82, 2.24) is 15.2 Å². The maximum atomic E-state index is 11.7. The molecular formula is C12H15N3O3. The molecule has 1 fully saturated rings. The number of methoxy groups -OCH3 is 1. The van der Waals surface area contributed by atoms with E-state index in [9.17, 15) is 9.59 Å². The SMILES string of the molecule is COc1cc(CN2CC(C)C(=O)NC2=O)ccn1. The monoisotopic (exact) mass is 249 g/mol. The molecule has 1 saturated heterocycles. The van der Waals surface area contributed by atoms with Crippen LogP contribution in [0.1, 0.15) is 12.5 Å². The molecule has 3 amide bonds. The number of amides is 3. The molecule has 0 bridgehead atoms. The van der Waals surface area contributed by atoms with Crippen molar-refractivity contribution in [1.29, 1.82) is 0 Å². The lowest BCUT2D eigenvalue weighted by molar-refractivity contribution is -0.125. The van der Waals surface area contributed by atoms with Crippen molar-refractivity contribution in [3.63, 3.8) is 0 Å². The molecule has 0 radical (unpaired) electrons. The molecule has 0 aromatic carbocycles. The normalized spacial score (nSPS) is 19.7. The van der Waals surface area contributed by atoms with Gasteiger partial charge in [-0.05, 0) is 11.6 Å². The van der Waals surface area contributed by atoms with E-state index in [1.54, 1.807) is 31.2 Å². The number of hydrogen-bond donors (Lipinski definition) is 1. The third kappa shape index (κ3) is 2.58. The highest BCUT2D eigenvalue weighted by Crippen LogP contribution is 2.14. The Morgan fingerprint density at radius 3 is 3.06 bits per heavy atom. The zero-order valence-corrected chi connectivity index (χ0v) is 10.3. The van der Waals surface area contributed by atoms with Gasteiger partial charge in [-0.15, -0.1) is 0 Å². The molecule has 0 aliphatic carbocycles. The van der Waals surface area contributed by atoms with Gasteiger partial charge in [0, 0.05) is 25.4 Å². The minimum Gasteiger partial charge on any atom is -0.481 e. The van der Waals surface area contributed by atoms with E-state index in [1.165, 1.54) is 0 Å². The van der Waals surface area contributed by atoms with Crippen molar-refractivity contribution in [2.75, 3.05) is 13.7 Å². The number of rotatable bonds is 3. The third-order valence-corrected chi connectivity index (χ3v) is 2.84. The average molecular weight is 249 g/mol. The van der Waals surface area contributed by atoms with E-state index in [-0.39, 0.29) is 17.9 Å². The fourth-order valence-electron chi connectivity index (χ4n) is 1.82. The highest BCUT2D eigenvalue weighted by Gasteiger charge is 2.28. The fourth-order valence-corrected chi connectivity index (χ4v) is 1.82. The van der Waals surface area contributed by atoms with Crippen LogP contribution in [0.15, 0.2) is 18.3 Å². The quantitative estimate of drug-likeness (QED) is 0.859. The lowest BCUT2D eigenvalue weighted by Gasteiger charge is -2.30. The summed E-state index contributed by atoms with van der Waals surface area (Å²) in [6, 6.07) is 3.24. The number of aromatic nitrogens is 1. The molecule has 1 aliphatic rings. The predicted molar refractivity (Wildman–Crippen MR) is 63.9 cm³/mol. The third-order valence-electron chi connectivity index (χ3n) is 2.84. The second kappa shape index (κ2) is 5.03. The van der Waals surface area contributed by atoms with Gasteiger partial charge < -0.3 is 9.64 Å². The van der Waals surface area contributed by atoms with Crippen LogP contribution < -0.4 is 10.1 Å². The summed E-state index contributed by atoms with van der Waals surface area (Å²) < 4.78 is 5.02. The first-order valence-corrected chi connectivity index (χ1v) is 5.69. The van der Waals surface area contributed by atoms with E-state index in [0.29, 0.717) is 19.0 Å². The molecule has 1 aromatic heterocycles. The predicted octanol–water partition coefficient (Wildman–Crippen LogP) is 0.778. The molecule has 6 heteroatoms. The molecule has 1 N–H and O–H groups in total. The second-order valence-electron chi connectivity index (χ2n) is 4.28. The van der Waals surface area contributed by atoms with E-state index in [1.807, 2.05) is 6.07 Å². The van der Waals surface area contributed by atoms with E-state index in [0.717, 1.165) is 5.56 Å². The average Bonchev–Trinajstić information content (AvgIpc) is 2.36. The first-order chi connectivity index (χ1) is 8.60. The van der Waals surface area contributed by atoms with Gasteiger partial charge >= 0.3 is 6.03 Å². The molecule has 2 heterocycles. The van der Waals surface area contributed by atoms with Gasteiger partial charge in [-0.25, -0.2) is 9.78 Å². The number of nitrogens with zero attached hydrogens (tertiary/aromatic N) is 2. The lowest BCUT2D eigenvalue weighted by atomic mass is 10.1. The van der Waals surface area contributed by atoms with Crippen LogP contribution in [-0.4, -0.2) is 35.5 Å². The number of imide groups is 1. The van der Waals surface area contributed by atoms with Crippen molar-refractivity contribution < 1.29 is 14.3 Å². The van der Waals surface area contributed by atoms with Crippen molar-refractivity contribution in [2.24, 2.45) is 5.92 Å². The Morgan fingerprint density at radius 2 is 2.33 bits per heavy atom. The maximum absolute atomic E-state index is 11.7. The van der Waals surface area contributed by atoms with Crippen molar-refractivity contribution >= 4 is 11.9 Å². The van der Waals surface area contributed by atoms with Crippen LogP contribution in [0, 0.1) is 5.92 Å². The Balaban J connectivity index is 2.08. The van der Waals surface area contributed by atoms with Crippen LogP contribution in [0.5, 0.6) is 5.88 Å². The number of carbonyl (C=O) groups is 2. The van der Waals surface area contributed by atoms with Crippen molar-refractivity contribution in [3.05, 3.63) is 23.9 Å². The summed E-state index contributed by atoms with van der Waals surface area (Å²) in [5.41, 5.74) is 0.915. The molecule has 1 unspecified atom stereocenters. The smallest absolute Gasteiger partial charge is 0.324 e. The van der Waals surface area contributed by atoms with Crippen LogP contribution in [0.3, 0.4) is 0 Å². The van der Waals surface area contributed by atoms with Crippen molar-refractivity contribution in [3.8, 4) is 5.88 Å². The fraction of sp³-hybridized carbons (Fsp3) is 0.417. The summed E-state index contributed by atoms with van der Waals surface area (Å²) >= 11 is 0. The molecule has 1 atom stereocenters. The number of nitrogens with one attached hydrogen (secondary N) is 1. The van der Waals surface area contributed by atoms with Crippen LogP contribution in [0.4, 0.5) is 4.79 Å². The molecule has 0 spiro atoms. The maximum Gasteiger partial charge on any atom is 0.324 e. The summed E-state index contributed by atoms with van der Waals surface area (Å²) in [5, 5.41) is 2.33. The minimum atomic E-state index is -0.353. The van der Waals surface area contributed by atoms with Crippen LogP contribution in [-0.2, 0) is 11.3 Å². The number of urea groups is 1. The number of carbonyl (C=O) groups excluding carboxylic acids is 2. The van der Waals surface area contributed by atoms with Gasteiger partial charge in [0.15, 0.2) is 0 Å². The van der Waals surface area contributed by atoms with Gasteiger partial charge in [-0.3, -0.25) is 10.1 Å². The minimum absolute atomic E-state index is 0.188. The molecule has 1 aromatic rings. The van der Waals surface area contributed by atoms with E-state index in [4.69, 9.17) is 4.74 Å². The Morgan fingerprint density at radius 1 is 1.56 bits per heavy atom. The van der Waals surface area contributed by atoms with E-state index in [2.05, 4.69) is 10.3 Å². The molecular weight excluding hydrogens is 234 g/mol. The number of ether oxygens (including phenoxy) is 1. The molecule has 2 rings (SSSR count). The Hall–Kier alpha value is -2.11. The molecule has 6 nitrogen and oxygen atoms in total. The van der Waals surface area contributed by atoms with Crippen LogP contribution in [0.2, 0.25) is 0 Å². The molecule has 18 heavy (non-hydrogen) atoms. The molecule has 1 aliphatic heterocycles. The molecule has 0 saturated carbocycles. The first-order valence-electron chi connectivity index (χ1n) is 5.69. The van der Waals surface area contributed by atoms with Crippen LogP contribution >= 0.6 is 0 Å². The zero-order chi connectivity index (χ0) is 13.1. The second-order valence-corrected chi connectivity index (χ2v) is 4.28. The van der Waals surface area contributed by atoms with Crippen molar-refractivity contribution in [2.45, 2.75) is 13.5 Å². The summed E-state index contributed by atoms with van der Waals surface area (Å²) in [6.45, 7) is 2.65. The lowest BCUT2D eigenvalue weighted by Crippen LogP contribution is -2.53. The Kier molecular flexibility index (Phi) is 3.45. The summed E-state index contributed by atoms with van der Waals surface area (Å²) in [5.74, 6) is 0.101. The summed E-state index contributed by atoms with van der Waals surface area (Å²) in [6.07, 6.45) is 1.63.